The number of aryl methyl sites for hydroxylation is 1. The van der Waals surface area contributed by atoms with Gasteiger partial charge in [-0.1, -0.05) is 25.1 Å². The number of aromatic nitrogens is 1. The number of hydrogen-bond acceptors (Lipinski definition) is 3. The van der Waals surface area contributed by atoms with Gasteiger partial charge in [0.05, 0.1) is 6.42 Å². The molecule has 0 saturated heterocycles. The van der Waals surface area contributed by atoms with E-state index in [-0.39, 0.29) is 17.3 Å². The molecule has 5 heteroatoms. The maximum absolute atomic E-state index is 13.0. The number of nitrogens with one attached hydrogen (secondary N) is 1. The lowest BCUT2D eigenvalue weighted by atomic mass is 9.80. The van der Waals surface area contributed by atoms with Crippen LogP contribution in [-0.2, 0) is 11.2 Å². The lowest BCUT2D eigenvalue weighted by molar-refractivity contribution is -0.129. The first-order valence-corrected chi connectivity index (χ1v) is 9.50. The normalized spacial score (nSPS) is 21.3. The number of carbonyl (C=O) groups excluding carboxylic acids is 1. The molecule has 27 heavy (non-hydrogen) atoms. The van der Waals surface area contributed by atoms with E-state index in [0.717, 1.165) is 29.9 Å². The summed E-state index contributed by atoms with van der Waals surface area (Å²) in [5.41, 5.74) is 3.00. The van der Waals surface area contributed by atoms with Gasteiger partial charge in [-0.05, 0) is 61.9 Å². The van der Waals surface area contributed by atoms with Gasteiger partial charge in [-0.25, -0.2) is 9.37 Å². The van der Waals surface area contributed by atoms with Crippen LogP contribution in [0.3, 0.4) is 0 Å². The van der Waals surface area contributed by atoms with Gasteiger partial charge < -0.3 is 10.2 Å². The molecule has 1 amide bonds. The molecule has 0 fully saturated rings. The van der Waals surface area contributed by atoms with Crippen LogP contribution in [0.1, 0.15) is 49.4 Å². The van der Waals surface area contributed by atoms with E-state index in [0.29, 0.717) is 18.9 Å². The SMILES string of the molecule is Cc1ccc2c(n1)N[C@@](C)(CCN(C)C(=O)Cc1ccc(F)cc1)C[C@H]2C. The van der Waals surface area contributed by atoms with E-state index in [1.165, 1.54) is 17.7 Å². The first kappa shape index (κ1) is 19.3. The summed E-state index contributed by atoms with van der Waals surface area (Å²) in [6.45, 7) is 7.10. The molecular formula is C22H28FN3O. The lowest BCUT2D eigenvalue weighted by Crippen LogP contribution is -2.43. The number of nitrogens with zero attached hydrogens (tertiary/aromatic N) is 2. The van der Waals surface area contributed by atoms with E-state index in [2.05, 4.69) is 36.3 Å². The maximum atomic E-state index is 13.0. The zero-order valence-electron chi connectivity index (χ0n) is 16.6. The average molecular weight is 369 g/mol. The molecule has 0 saturated carbocycles. The fourth-order valence-corrected chi connectivity index (χ4v) is 3.80. The number of carbonyl (C=O) groups is 1. The fraction of sp³-hybridized carbons (Fsp3) is 0.455. The van der Waals surface area contributed by atoms with Crippen molar-refractivity contribution in [3.8, 4) is 0 Å². The summed E-state index contributed by atoms with van der Waals surface area (Å²) in [7, 11) is 1.83. The molecule has 144 valence electrons. The van der Waals surface area contributed by atoms with E-state index in [4.69, 9.17) is 0 Å². The second-order valence-electron chi connectivity index (χ2n) is 8.05. The van der Waals surface area contributed by atoms with Crippen molar-refractivity contribution in [2.75, 3.05) is 18.9 Å². The Bertz CT molecular complexity index is 821. The maximum Gasteiger partial charge on any atom is 0.226 e. The van der Waals surface area contributed by atoms with Crippen LogP contribution in [0.15, 0.2) is 36.4 Å². The van der Waals surface area contributed by atoms with Gasteiger partial charge in [0.25, 0.3) is 0 Å². The summed E-state index contributed by atoms with van der Waals surface area (Å²) in [6.07, 6.45) is 2.14. The molecule has 0 radical (unpaired) electrons. The van der Waals surface area contributed by atoms with Crippen LogP contribution in [0.25, 0.3) is 0 Å². The predicted molar refractivity (Wildman–Crippen MR) is 106 cm³/mol. The molecule has 2 aromatic rings. The number of amides is 1. The van der Waals surface area contributed by atoms with Crippen molar-refractivity contribution < 1.29 is 9.18 Å². The van der Waals surface area contributed by atoms with Crippen molar-refractivity contribution >= 4 is 11.7 Å². The Kier molecular flexibility index (Phi) is 5.49. The van der Waals surface area contributed by atoms with Gasteiger partial charge in [-0.2, -0.15) is 0 Å². The van der Waals surface area contributed by atoms with Crippen LogP contribution in [-0.4, -0.2) is 34.9 Å². The minimum atomic E-state index is -0.283. The summed E-state index contributed by atoms with van der Waals surface area (Å²) in [6, 6.07) is 10.3. The summed E-state index contributed by atoms with van der Waals surface area (Å²) in [4.78, 5) is 18.9. The minimum absolute atomic E-state index is 0.0448. The second kappa shape index (κ2) is 7.67. The van der Waals surface area contributed by atoms with Crippen LogP contribution in [0.2, 0.25) is 0 Å². The predicted octanol–water partition coefficient (Wildman–Crippen LogP) is 4.30. The van der Waals surface area contributed by atoms with Crippen LogP contribution in [0.5, 0.6) is 0 Å². The summed E-state index contributed by atoms with van der Waals surface area (Å²) in [5, 5.41) is 3.60. The van der Waals surface area contributed by atoms with Crippen molar-refractivity contribution in [1.29, 1.82) is 0 Å². The zero-order valence-corrected chi connectivity index (χ0v) is 16.6. The topological polar surface area (TPSA) is 45.2 Å². The average Bonchev–Trinajstić information content (AvgIpc) is 2.61. The molecule has 1 aromatic heterocycles. The molecular weight excluding hydrogens is 341 g/mol. The van der Waals surface area contributed by atoms with E-state index >= 15 is 0 Å². The largest absolute Gasteiger partial charge is 0.365 e. The Labute approximate surface area is 160 Å². The third-order valence-corrected chi connectivity index (χ3v) is 5.47. The number of pyridine rings is 1. The first-order chi connectivity index (χ1) is 12.8. The zero-order chi connectivity index (χ0) is 19.6. The van der Waals surface area contributed by atoms with Gasteiger partial charge in [0.15, 0.2) is 0 Å². The highest BCUT2D eigenvalue weighted by atomic mass is 19.1. The van der Waals surface area contributed by atoms with Crippen molar-refractivity contribution in [2.24, 2.45) is 0 Å². The fourth-order valence-electron chi connectivity index (χ4n) is 3.80. The van der Waals surface area contributed by atoms with E-state index in [1.54, 1.807) is 17.0 Å². The van der Waals surface area contributed by atoms with Crippen LogP contribution in [0.4, 0.5) is 10.2 Å². The Hall–Kier alpha value is -2.43. The third-order valence-electron chi connectivity index (χ3n) is 5.47. The number of hydrogen-bond donors (Lipinski definition) is 1. The Morgan fingerprint density at radius 1 is 1.30 bits per heavy atom. The highest BCUT2D eigenvalue weighted by molar-refractivity contribution is 5.78. The molecule has 0 unspecified atom stereocenters. The number of fused-ring (bicyclic) bond motifs is 1. The molecule has 1 N–H and O–H groups in total. The first-order valence-electron chi connectivity index (χ1n) is 9.50. The van der Waals surface area contributed by atoms with Crippen LogP contribution in [0, 0.1) is 12.7 Å². The molecule has 1 aromatic carbocycles. The second-order valence-corrected chi connectivity index (χ2v) is 8.05. The smallest absolute Gasteiger partial charge is 0.226 e. The van der Waals surface area contributed by atoms with Gasteiger partial charge in [-0.3, -0.25) is 4.79 Å². The number of benzene rings is 1. The summed E-state index contributed by atoms with van der Waals surface area (Å²) < 4.78 is 13.0. The highest BCUT2D eigenvalue weighted by Crippen LogP contribution is 2.39. The monoisotopic (exact) mass is 369 g/mol. The van der Waals surface area contributed by atoms with Crippen LogP contribution < -0.4 is 5.32 Å². The number of halogens is 1. The summed E-state index contributed by atoms with van der Waals surface area (Å²) in [5.74, 6) is 1.16. The molecule has 2 heterocycles. The van der Waals surface area contributed by atoms with Gasteiger partial charge in [0, 0.05) is 24.8 Å². The molecule has 1 aliphatic rings. The van der Waals surface area contributed by atoms with Gasteiger partial charge in [-0.15, -0.1) is 0 Å². The standard InChI is InChI=1S/C22H28FN3O/c1-15-14-22(3,25-21-19(15)10-5-16(2)24-21)11-12-26(4)20(27)13-17-6-8-18(23)9-7-17/h5-10,15H,11-14H2,1-4H3,(H,24,25)/t15-,22+/m1/s1. The number of likely N-dealkylation sites (N-methyl/N-ethyl adjacent to an activating group) is 1. The molecule has 3 rings (SSSR count). The van der Waals surface area contributed by atoms with E-state index in [9.17, 15) is 9.18 Å². The summed E-state index contributed by atoms with van der Waals surface area (Å²) >= 11 is 0. The number of rotatable bonds is 5. The van der Waals surface area contributed by atoms with E-state index < -0.39 is 0 Å². The quantitative estimate of drug-likeness (QED) is 0.855. The van der Waals surface area contributed by atoms with Crippen molar-refractivity contribution in [2.45, 2.75) is 51.5 Å². The Balaban J connectivity index is 1.60. The van der Waals surface area contributed by atoms with Crippen molar-refractivity contribution in [3.63, 3.8) is 0 Å². The Morgan fingerprint density at radius 2 is 2.00 bits per heavy atom. The van der Waals surface area contributed by atoms with Crippen LogP contribution >= 0.6 is 0 Å². The van der Waals surface area contributed by atoms with Crippen molar-refractivity contribution in [3.05, 3.63) is 59.0 Å². The molecule has 0 spiro atoms. The molecule has 1 aliphatic heterocycles. The van der Waals surface area contributed by atoms with Gasteiger partial charge >= 0.3 is 0 Å². The molecule has 0 bridgehead atoms. The minimum Gasteiger partial charge on any atom is -0.365 e. The van der Waals surface area contributed by atoms with E-state index in [1.807, 2.05) is 14.0 Å². The number of anilines is 1. The Morgan fingerprint density at radius 3 is 2.70 bits per heavy atom. The van der Waals surface area contributed by atoms with Gasteiger partial charge in [0.2, 0.25) is 5.91 Å². The molecule has 2 atom stereocenters. The van der Waals surface area contributed by atoms with Gasteiger partial charge in [0.1, 0.15) is 11.6 Å². The highest BCUT2D eigenvalue weighted by Gasteiger charge is 2.34. The molecule has 0 aliphatic carbocycles. The third kappa shape index (κ3) is 4.65. The lowest BCUT2D eigenvalue weighted by Gasteiger charge is -2.40. The molecule has 4 nitrogen and oxygen atoms in total. The van der Waals surface area contributed by atoms with Crippen molar-refractivity contribution in [1.82, 2.24) is 9.88 Å².